The van der Waals surface area contributed by atoms with Gasteiger partial charge in [-0.3, -0.25) is 0 Å². The molecule has 2 rings (SSSR count). The van der Waals surface area contributed by atoms with E-state index in [0.717, 1.165) is 6.42 Å². The maximum atomic E-state index is 4.45. The Kier molecular flexibility index (Phi) is 2.72. The van der Waals surface area contributed by atoms with Crippen LogP contribution < -0.4 is 5.32 Å². The Balaban J connectivity index is 2.26. The number of hydrogen-bond acceptors (Lipinski definition) is 2. The van der Waals surface area contributed by atoms with Gasteiger partial charge >= 0.3 is 0 Å². The van der Waals surface area contributed by atoms with Crippen molar-refractivity contribution < 1.29 is 0 Å². The predicted octanol–water partition coefficient (Wildman–Crippen LogP) is 2.85. The van der Waals surface area contributed by atoms with Gasteiger partial charge in [0.15, 0.2) is 0 Å². The number of aryl methyl sites for hydroxylation is 1. The van der Waals surface area contributed by atoms with Crippen LogP contribution in [0.2, 0.25) is 0 Å². The van der Waals surface area contributed by atoms with Crippen molar-refractivity contribution in [2.45, 2.75) is 52.6 Å². The van der Waals surface area contributed by atoms with E-state index < -0.39 is 0 Å². The Hall–Kier alpha value is -0.990. The molecule has 1 unspecified atom stereocenters. The van der Waals surface area contributed by atoms with Crippen LogP contribution >= 0.6 is 0 Å². The van der Waals surface area contributed by atoms with E-state index in [1.807, 2.05) is 6.20 Å². The molecule has 1 atom stereocenters. The molecule has 0 saturated heterocycles. The second kappa shape index (κ2) is 3.87. The summed E-state index contributed by atoms with van der Waals surface area (Å²) in [4.78, 5) is 0. The van der Waals surface area contributed by atoms with Gasteiger partial charge in [-0.1, -0.05) is 13.8 Å². The number of aromatic nitrogens is 2. The van der Waals surface area contributed by atoms with Crippen molar-refractivity contribution in [3.8, 4) is 0 Å². The fourth-order valence-corrected chi connectivity index (χ4v) is 2.19. The summed E-state index contributed by atoms with van der Waals surface area (Å²) in [5.74, 6) is 1.93. The second-order valence-electron chi connectivity index (χ2n) is 5.09. The van der Waals surface area contributed by atoms with Gasteiger partial charge in [0.1, 0.15) is 5.82 Å². The molecule has 3 heteroatoms. The van der Waals surface area contributed by atoms with Crippen LogP contribution in [0.3, 0.4) is 0 Å². The van der Waals surface area contributed by atoms with Gasteiger partial charge in [0.2, 0.25) is 0 Å². The summed E-state index contributed by atoms with van der Waals surface area (Å²) >= 11 is 0. The lowest BCUT2D eigenvalue weighted by Gasteiger charge is -2.29. The Morgan fingerprint density at radius 3 is 2.73 bits per heavy atom. The minimum Gasteiger partial charge on any atom is -0.367 e. The molecule has 15 heavy (non-hydrogen) atoms. The van der Waals surface area contributed by atoms with E-state index in [2.05, 4.69) is 42.8 Å². The summed E-state index contributed by atoms with van der Waals surface area (Å²) in [6, 6.07) is 1.04. The lowest BCUT2D eigenvalue weighted by Crippen LogP contribution is -2.31. The molecular weight excluding hydrogens is 186 g/mol. The molecule has 2 heterocycles. The third-order valence-electron chi connectivity index (χ3n) is 3.21. The number of hydrogen-bond donors (Lipinski definition) is 1. The molecule has 3 nitrogen and oxygen atoms in total. The highest BCUT2D eigenvalue weighted by Crippen LogP contribution is 2.29. The van der Waals surface area contributed by atoms with Crippen molar-refractivity contribution in [2.75, 3.05) is 5.32 Å². The van der Waals surface area contributed by atoms with E-state index in [-0.39, 0.29) is 0 Å². The van der Waals surface area contributed by atoms with Crippen molar-refractivity contribution in [3.63, 3.8) is 0 Å². The predicted molar refractivity (Wildman–Crippen MR) is 63.2 cm³/mol. The summed E-state index contributed by atoms with van der Waals surface area (Å²) < 4.78 is 2.10. The maximum Gasteiger partial charge on any atom is 0.127 e. The molecule has 1 N–H and O–H groups in total. The molecule has 0 amide bonds. The number of nitrogens with one attached hydrogen (secondary N) is 1. The molecule has 0 aliphatic carbocycles. The van der Waals surface area contributed by atoms with Gasteiger partial charge in [0.05, 0.1) is 6.20 Å². The highest BCUT2D eigenvalue weighted by atomic mass is 15.3. The Morgan fingerprint density at radius 2 is 2.13 bits per heavy atom. The molecular formula is C12H21N3. The number of nitrogens with zero attached hydrogens (tertiary/aromatic N) is 2. The van der Waals surface area contributed by atoms with Crippen molar-refractivity contribution in [3.05, 3.63) is 11.8 Å². The lowest BCUT2D eigenvalue weighted by molar-refractivity contribution is 0.466. The summed E-state index contributed by atoms with van der Waals surface area (Å²) in [5, 5.41) is 8.07. The molecule has 1 aromatic heterocycles. The largest absolute Gasteiger partial charge is 0.367 e. The molecule has 0 bridgehead atoms. The van der Waals surface area contributed by atoms with Crippen LogP contribution in [-0.2, 0) is 6.42 Å². The second-order valence-corrected chi connectivity index (χ2v) is 5.09. The van der Waals surface area contributed by atoms with Gasteiger partial charge in [-0.15, -0.1) is 0 Å². The molecule has 84 valence electrons. The normalized spacial score (nSPS) is 20.5. The third kappa shape index (κ3) is 1.87. The van der Waals surface area contributed by atoms with Crippen LogP contribution in [0.5, 0.6) is 0 Å². The monoisotopic (exact) mass is 207 g/mol. The number of anilines is 1. The van der Waals surface area contributed by atoms with E-state index in [9.17, 15) is 0 Å². The van der Waals surface area contributed by atoms with Crippen LogP contribution in [0.1, 0.15) is 45.7 Å². The van der Waals surface area contributed by atoms with Crippen LogP contribution in [-0.4, -0.2) is 15.8 Å². The summed E-state index contributed by atoms with van der Waals surface area (Å²) in [5.41, 5.74) is 1.38. The van der Waals surface area contributed by atoms with E-state index >= 15 is 0 Å². The highest BCUT2D eigenvalue weighted by molar-refractivity contribution is 5.47. The van der Waals surface area contributed by atoms with E-state index in [1.54, 1.807) is 0 Å². The fraction of sp³-hybridized carbons (Fsp3) is 0.750. The Labute approximate surface area is 91.9 Å². The van der Waals surface area contributed by atoms with Crippen molar-refractivity contribution in [1.82, 2.24) is 9.78 Å². The Bertz CT molecular complexity index is 339. The first kappa shape index (κ1) is 10.5. The maximum absolute atomic E-state index is 4.45. The topological polar surface area (TPSA) is 29.9 Å². The zero-order chi connectivity index (χ0) is 11.0. The van der Waals surface area contributed by atoms with E-state index in [1.165, 1.54) is 17.8 Å². The average molecular weight is 207 g/mol. The van der Waals surface area contributed by atoms with Crippen LogP contribution in [0.15, 0.2) is 6.20 Å². The Morgan fingerprint density at radius 1 is 1.40 bits per heavy atom. The lowest BCUT2D eigenvalue weighted by atomic mass is 9.94. The molecule has 0 spiro atoms. The first-order chi connectivity index (χ1) is 7.09. The van der Waals surface area contributed by atoms with Gasteiger partial charge in [0, 0.05) is 17.6 Å². The van der Waals surface area contributed by atoms with Gasteiger partial charge in [-0.05, 0) is 32.6 Å². The molecule has 1 aliphatic heterocycles. The summed E-state index contributed by atoms with van der Waals surface area (Å²) in [6.45, 7) is 8.90. The van der Waals surface area contributed by atoms with Crippen molar-refractivity contribution in [2.24, 2.45) is 5.92 Å². The summed E-state index contributed by atoms with van der Waals surface area (Å²) in [6.07, 6.45) is 4.41. The average Bonchev–Trinajstić information content (AvgIpc) is 2.59. The van der Waals surface area contributed by atoms with E-state index in [0.29, 0.717) is 18.0 Å². The summed E-state index contributed by atoms with van der Waals surface area (Å²) in [7, 11) is 0. The van der Waals surface area contributed by atoms with Gasteiger partial charge in [0.25, 0.3) is 0 Å². The standard InChI is InChI=1S/C12H21N3/c1-8(2)11-6-5-10-7-13-15(9(3)4)12(10)14-11/h7-9,11,14H,5-6H2,1-4H3. The number of rotatable bonds is 2. The minimum atomic E-state index is 0.437. The molecule has 0 aromatic carbocycles. The molecule has 0 saturated carbocycles. The van der Waals surface area contributed by atoms with Crippen LogP contribution in [0, 0.1) is 5.92 Å². The van der Waals surface area contributed by atoms with E-state index in [4.69, 9.17) is 0 Å². The quantitative estimate of drug-likeness (QED) is 0.808. The van der Waals surface area contributed by atoms with Crippen LogP contribution in [0.25, 0.3) is 0 Å². The van der Waals surface area contributed by atoms with Gasteiger partial charge in [-0.2, -0.15) is 5.10 Å². The molecule has 0 fully saturated rings. The van der Waals surface area contributed by atoms with Gasteiger partial charge < -0.3 is 5.32 Å². The van der Waals surface area contributed by atoms with Gasteiger partial charge in [-0.25, -0.2) is 4.68 Å². The molecule has 0 radical (unpaired) electrons. The van der Waals surface area contributed by atoms with Crippen molar-refractivity contribution in [1.29, 1.82) is 0 Å². The minimum absolute atomic E-state index is 0.437. The third-order valence-corrected chi connectivity index (χ3v) is 3.21. The fourth-order valence-electron chi connectivity index (χ4n) is 2.19. The highest BCUT2D eigenvalue weighted by Gasteiger charge is 2.24. The first-order valence-electron chi connectivity index (χ1n) is 5.92. The first-order valence-corrected chi connectivity index (χ1v) is 5.92. The molecule has 1 aliphatic rings. The zero-order valence-corrected chi connectivity index (χ0v) is 10.1. The van der Waals surface area contributed by atoms with Crippen LogP contribution in [0.4, 0.5) is 5.82 Å². The zero-order valence-electron chi connectivity index (χ0n) is 10.1. The van der Waals surface area contributed by atoms with Crippen molar-refractivity contribution >= 4 is 5.82 Å². The smallest absolute Gasteiger partial charge is 0.127 e. The molecule has 1 aromatic rings. The SMILES string of the molecule is CC(C)C1CCc2cnn(C(C)C)c2N1. The number of fused-ring (bicyclic) bond motifs is 1.